The van der Waals surface area contributed by atoms with E-state index in [1.165, 1.54) is 11.3 Å². The topological polar surface area (TPSA) is 49.4 Å². The number of hydrogen-bond acceptors (Lipinski definition) is 3. The van der Waals surface area contributed by atoms with Gasteiger partial charge in [-0.2, -0.15) is 0 Å². The maximum absolute atomic E-state index is 12.5. The predicted octanol–water partition coefficient (Wildman–Crippen LogP) is 3.21. The summed E-state index contributed by atoms with van der Waals surface area (Å²) >= 11 is 5.85. The minimum Gasteiger partial charge on any atom is -0.373 e. The molecule has 1 aliphatic heterocycles. The third-order valence-corrected chi connectivity index (χ3v) is 4.56. The number of benzene rings is 1. The number of nitrogens with one attached hydrogen (secondary N) is 1. The first-order valence-electron chi connectivity index (χ1n) is 7.53. The van der Waals surface area contributed by atoms with E-state index in [1.807, 2.05) is 12.1 Å². The van der Waals surface area contributed by atoms with E-state index in [4.69, 9.17) is 11.6 Å². The maximum atomic E-state index is 12.5. The molecule has 0 bridgehead atoms. The van der Waals surface area contributed by atoms with E-state index in [0.29, 0.717) is 5.02 Å². The number of carbonyl (C=O) groups is 2. The van der Waals surface area contributed by atoms with Crippen LogP contribution in [0.2, 0.25) is 5.02 Å². The number of rotatable bonds is 3. The second-order valence-corrected chi connectivity index (χ2v) is 6.24. The van der Waals surface area contributed by atoms with Crippen molar-refractivity contribution in [2.24, 2.45) is 0 Å². The third-order valence-electron chi connectivity index (χ3n) is 4.31. The van der Waals surface area contributed by atoms with Crippen LogP contribution in [0.3, 0.4) is 0 Å². The van der Waals surface area contributed by atoms with Crippen LogP contribution in [0.4, 0.5) is 5.69 Å². The van der Waals surface area contributed by atoms with Gasteiger partial charge in [-0.25, -0.2) is 0 Å². The molecule has 1 saturated carbocycles. The lowest BCUT2D eigenvalue weighted by Gasteiger charge is -2.29. The van der Waals surface area contributed by atoms with Crippen molar-refractivity contribution in [3.05, 3.63) is 29.3 Å². The molecule has 1 aromatic rings. The molecule has 1 atom stereocenters. The molecule has 4 nitrogen and oxygen atoms in total. The summed E-state index contributed by atoms with van der Waals surface area (Å²) in [4.78, 5) is 26.2. The van der Waals surface area contributed by atoms with Gasteiger partial charge in [0.1, 0.15) is 6.04 Å². The lowest BCUT2D eigenvalue weighted by atomic mass is 9.94. The van der Waals surface area contributed by atoms with Crippen molar-refractivity contribution in [1.82, 2.24) is 4.90 Å². The Bertz CT molecular complexity index is 538. The zero-order valence-electron chi connectivity index (χ0n) is 11.8. The predicted molar refractivity (Wildman–Crippen MR) is 82.2 cm³/mol. The zero-order valence-corrected chi connectivity index (χ0v) is 12.6. The summed E-state index contributed by atoms with van der Waals surface area (Å²) in [5.74, 6) is -0.125. The summed E-state index contributed by atoms with van der Waals surface area (Å²) in [5.41, 5.74) is 0.816. The Kier molecular flexibility index (Phi) is 4.15. The van der Waals surface area contributed by atoms with Crippen LogP contribution in [0.1, 0.15) is 38.5 Å². The summed E-state index contributed by atoms with van der Waals surface area (Å²) in [6, 6.07) is 6.84. The molecule has 1 unspecified atom stereocenters. The van der Waals surface area contributed by atoms with Crippen LogP contribution < -0.4 is 5.32 Å². The molecule has 1 N–H and O–H groups in total. The van der Waals surface area contributed by atoms with E-state index in [2.05, 4.69) is 5.32 Å². The zero-order chi connectivity index (χ0) is 14.8. The average molecular weight is 307 g/mol. The number of halogens is 1. The molecule has 0 radical (unpaired) electrons. The quantitative estimate of drug-likeness (QED) is 0.872. The fourth-order valence-electron chi connectivity index (χ4n) is 3.23. The standard InChI is InChI=1S/C16H19ClN2O2/c17-11-6-8-12(9-7-11)18-14-10-15(20)19(16(14)21)13-4-2-1-3-5-13/h6-9,13-14,18H,1-5,10H2. The van der Waals surface area contributed by atoms with Crippen LogP contribution in [0, 0.1) is 0 Å². The second kappa shape index (κ2) is 6.06. The molecule has 2 fully saturated rings. The molecule has 1 aliphatic carbocycles. The van der Waals surface area contributed by atoms with Crippen LogP contribution >= 0.6 is 11.6 Å². The number of likely N-dealkylation sites (tertiary alicyclic amines) is 1. The highest BCUT2D eigenvalue weighted by atomic mass is 35.5. The first kappa shape index (κ1) is 14.4. The van der Waals surface area contributed by atoms with Crippen LogP contribution in [-0.2, 0) is 9.59 Å². The highest BCUT2D eigenvalue weighted by Gasteiger charge is 2.42. The van der Waals surface area contributed by atoms with E-state index in [9.17, 15) is 9.59 Å². The van der Waals surface area contributed by atoms with Gasteiger partial charge < -0.3 is 5.32 Å². The molecule has 21 heavy (non-hydrogen) atoms. The summed E-state index contributed by atoms with van der Waals surface area (Å²) in [6.45, 7) is 0. The van der Waals surface area contributed by atoms with Gasteiger partial charge >= 0.3 is 0 Å². The van der Waals surface area contributed by atoms with E-state index >= 15 is 0 Å². The van der Waals surface area contributed by atoms with Gasteiger partial charge in [-0.15, -0.1) is 0 Å². The number of carbonyl (C=O) groups excluding carboxylic acids is 2. The lowest BCUT2D eigenvalue weighted by Crippen LogP contribution is -2.43. The molecule has 3 rings (SSSR count). The fraction of sp³-hybridized carbons (Fsp3) is 0.500. The van der Waals surface area contributed by atoms with Gasteiger partial charge in [0.05, 0.1) is 6.42 Å². The van der Waals surface area contributed by atoms with Gasteiger partial charge in [0.2, 0.25) is 5.91 Å². The minimum atomic E-state index is -0.444. The molecule has 1 aromatic carbocycles. The maximum Gasteiger partial charge on any atom is 0.252 e. The fourth-order valence-corrected chi connectivity index (χ4v) is 3.36. The molecular weight excluding hydrogens is 288 g/mol. The summed E-state index contributed by atoms with van der Waals surface area (Å²) in [7, 11) is 0. The van der Waals surface area contributed by atoms with Crippen LogP contribution in [-0.4, -0.2) is 28.8 Å². The van der Waals surface area contributed by atoms with Gasteiger partial charge in [-0.05, 0) is 37.1 Å². The first-order chi connectivity index (χ1) is 10.1. The Balaban J connectivity index is 1.69. The number of imide groups is 1. The summed E-state index contributed by atoms with van der Waals surface area (Å²) < 4.78 is 0. The normalized spacial score (nSPS) is 23.7. The molecule has 1 heterocycles. The van der Waals surface area contributed by atoms with E-state index in [1.54, 1.807) is 12.1 Å². The molecule has 0 aromatic heterocycles. The molecular formula is C16H19ClN2O2. The van der Waals surface area contributed by atoms with Gasteiger partial charge in [0.25, 0.3) is 5.91 Å². The Morgan fingerprint density at radius 1 is 1.05 bits per heavy atom. The van der Waals surface area contributed by atoms with Gasteiger partial charge in [-0.3, -0.25) is 14.5 Å². The van der Waals surface area contributed by atoms with Crippen molar-refractivity contribution in [3.8, 4) is 0 Å². The van der Waals surface area contributed by atoms with Crippen molar-refractivity contribution in [2.75, 3.05) is 5.32 Å². The molecule has 5 heteroatoms. The van der Waals surface area contributed by atoms with Crippen molar-refractivity contribution in [2.45, 2.75) is 50.6 Å². The molecule has 112 valence electrons. The molecule has 0 spiro atoms. The molecule has 2 aliphatic rings. The Labute approximate surface area is 129 Å². The van der Waals surface area contributed by atoms with Crippen molar-refractivity contribution >= 4 is 29.1 Å². The molecule has 2 amide bonds. The largest absolute Gasteiger partial charge is 0.373 e. The van der Waals surface area contributed by atoms with Crippen LogP contribution in [0.5, 0.6) is 0 Å². The highest BCUT2D eigenvalue weighted by molar-refractivity contribution is 6.30. The SMILES string of the molecule is O=C1CC(Nc2ccc(Cl)cc2)C(=O)N1C1CCCCC1. The Morgan fingerprint density at radius 3 is 2.38 bits per heavy atom. The lowest BCUT2D eigenvalue weighted by molar-refractivity contribution is -0.141. The smallest absolute Gasteiger partial charge is 0.252 e. The summed E-state index contributed by atoms with van der Waals surface area (Å²) in [6.07, 6.45) is 5.57. The number of amides is 2. The van der Waals surface area contributed by atoms with Crippen molar-refractivity contribution in [1.29, 1.82) is 0 Å². The molecule has 1 saturated heterocycles. The second-order valence-electron chi connectivity index (χ2n) is 5.80. The van der Waals surface area contributed by atoms with Crippen LogP contribution in [0.25, 0.3) is 0 Å². The van der Waals surface area contributed by atoms with Crippen LogP contribution in [0.15, 0.2) is 24.3 Å². The van der Waals surface area contributed by atoms with Gasteiger partial charge in [-0.1, -0.05) is 30.9 Å². The van der Waals surface area contributed by atoms with E-state index < -0.39 is 6.04 Å². The third kappa shape index (κ3) is 3.05. The highest BCUT2D eigenvalue weighted by Crippen LogP contribution is 2.28. The van der Waals surface area contributed by atoms with Crippen molar-refractivity contribution < 1.29 is 9.59 Å². The average Bonchev–Trinajstić information content (AvgIpc) is 2.77. The van der Waals surface area contributed by atoms with Crippen molar-refractivity contribution in [3.63, 3.8) is 0 Å². The van der Waals surface area contributed by atoms with E-state index in [-0.39, 0.29) is 24.3 Å². The summed E-state index contributed by atoms with van der Waals surface area (Å²) in [5, 5.41) is 3.80. The Morgan fingerprint density at radius 2 is 1.71 bits per heavy atom. The Hall–Kier alpha value is -1.55. The number of hydrogen-bond donors (Lipinski definition) is 1. The van der Waals surface area contributed by atoms with Gasteiger partial charge in [0.15, 0.2) is 0 Å². The first-order valence-corrected chi connectivity index (χ1v) is 7.91. The van der Waals surface area contributed by atoms with Gasteiger partial charge in [0, 0.05) is 16.8 Å². The van der Waals surface area contributed by atoms with E-state index in [0.717, 1.165) is 31.4 Å². The number of nitrogens with zero attached hydrogens (tertiary/aromatic N) is 1. The minimum absolute atomic E-state index is 0.0432. The monoisotopic (exact) mass is 306 g/mol. The number of anilines is 1.